The highest BCUT2D eigenvalue weighted by Gasteiger charge is 2.34. The Morgan fingerprint density at radius 3 is 2.36 bits per heavy atom. The van der Waals surface area contributed by atoms with E-state index >= 15 is 0 Å². The molecule has 25 heavy (non-hydrogen) atoms. The predicted molar refractivity (Wildman–Crippen MR) is 86.9 cm³/mol. The second kappa shape index (κ2) is 6.64. The van der Waals surface area contributed by atoms with Crippen LogP contribution in [0.3, 0.4) is 0 Å². The molecule has 128 valence electrons. The summed E-state index contributed by atoms with van der Waals surface area (Å²) in [5.41, 5.74) is 0.340. The molecule has 2 aromatic carbocycles. The zero-order valence-corrected chi connectivity index (χ0v) is 13.3. The fourth-order valence-electron chi connectivity index (χ4n) is 2.19. The second-order valence-electron chi connectivity index (χ2n) is 5.04. The lowest BCUT2D eigenvalue weighted by Crippen LogP contribution is -2.13. The lowest BCUT2D eigenvalue weighted by atomic mass is 9.99. The first-order chi connectivity index (χ1) is 11.8. The van der Waals surface area contributed by atoms with E-state index in [4.69, 9.17) is 0 Å². The molecule has 0 spiro atoms. The summed E-state index contributed by atoms with van der Waals surface area (Å²) >= 11 is 0.690. The molecule has 0 bridgehead atoms. The Labute approximate surface area is 144 Å². The average molecular weight is 366 g/mol. The zero-order chi connectivity index (χ0) is 18.0. The summed E-state index contributed by atoms with van der Waals surface area (Å²) in [4.78, 5) is 15.8. The minimum Gasteiger partial charge on any atom is -0.298 e. The monoisotopic (exact) mass is 366 g/mol. The van der Waals surface area contributed by atoms with Crippen molar-refractivity contribution in [2.45, 2.75) is 6.18 Å². The van der Waals surface area contributed by atoms with Crippen LogP contribution in [0.2, 0.25) is 0 Å². The summed E-state index contributed by atoms with van der Waals surface area (Å²) in [5, 5.41) is 3.05. The van der Waals surface area contributed by atoms with Crippen LogP contribution in [0.15, 0.2) is 53.9 Å². The summed E-state index contributed by atoms with van der Waals surface area (Å²) < 4.78 is 50.8. The van der Waals surface area contributed by atoms with Crippen LogP contribution in [0, 0.1) is 5.82 Å². The first-order valence-corrected chi connectivity index (χ1v) is 7.91. The quantitative estimate of drug-likeness (QED) is 0.646. The van der Waals surface area contributed by atoms with Crippen molar-refractivity contribution in [2.75, 3.05) is 5.32 Å². The number of nitrogens with one attached hydrogen (secondary N) is 1. The van der Waals surface area contributed by atoms with E-state index in [9.17, 15) is 22.4 Å². The fourth-order valence-corrected chi connectivity index (χ4v) is 2.90. The highest BCUT2D eigenvalue weighted by atomic mass is 32.1. The van der Waals surface area contributed by atoms with E-state index < -0.39 is 23.6 Å². The smallest absolute Gasteiger partial charge is 0.298 e. The van der Waals surface area contributed by atoms with Crippen LogP contribution in [-0.2, 0) is 6.18 Å². The molecule has 0 saturated heterocycles. The van der Waals surface area contributed by atoms with Crippen molar-refractivity contribution in [3.63, 3.8) is 0 Å². The van der Waals surface area contributed by atoms with Gasteiger partial charge in [0.2, 0.25) is 0 Å². The molecule has 3 nitrogen and oxygen atoms in total. The van der Waals surface area contributed by atoms with Crippen molar-refractivity contribution >= 4 is 22.4 Å². The average Bonchev–Trinajstić information content (AvgIpc) is 3.04. The Hall–Kier alpha value is -2.74. The molecule has 0 unspecified atom stereocenters. The molecule has 0 aliphatic heterocycles. The van der Waals surface area contributed by atoms with Gasteiger partial charge in [-0.05, 0) is 29.3 Å². The molecular weight excluding hydrogens is 356 g/mol. The summed E-state index contributed by atoms with van der Waals surface area (Å²) in [6.45, 7) is 0. The molecule has 0 saturated carbocycles. The van der Waals surface area contributed by atoms with Crippen molar-refractivity contribution < 1.29 is 22.4 Å². The molecule has 3 aromatic rings. The number of hydrogen-bond donors (Lipinski definition) is 1. The van der Waals surface area contributed by atoms with Crippen LogP contribution >= 0.6 is 11.3 Å². The fraction of sp³-hybridized carbons (Fsp3) is 0.0588. The number of thiazole rings is 1. The van der Waals surface area contributed by atoms with Crippen molar-refractivity contribution in [1.29, 1.82) is 0 Å². The topological polar surface area (TPSA) is 42.0 Å². The van der Waals surface area contributed by atoms with E-state index in [1.54, 1.807) is 18.2 Å². The second-order valence-corrected chi connectivity index (χ2v) is 5.90. The standard InChI is InChI=1S/C17H10F4N2OS/c18-11-7-5-10(6-8-11)12-3-1-2-4-13(12)15(24)23-16-22-14(9-25-16)17(19,20)21/h1-9H,(H,22,23,24). The van der Waals surface area contributed by atoms with Gasteiger partial charge in [-0.1, -0.05) is 30.3 Å². The molecule has 1 aromatic heterocycles. The summed E-state index contributed by atoms with van der Waals surface area (Å²) in [5.74, 6) is -1.00. The van der Waals surface area contributed by atoms with E-state index in [-0.39, 0.29) is 10.7 Å². The molecular formula is C17H10F4N2OS. The van der Waals surface area contributed by atoms with Crippen LogP contribution in [0.1, 0.15) is 16.1 Å². The van der Waals surface area contributed by atoms with Crippen molar-refractivity contribution in [3.8, 4) is 11.1 Å². The highest BCUT2D eigenvalue weighted by molar-refractivity contribution is 7.14. The maximum absolute atomic E-state index is 13.1. The zero-order valence-electron chi connectivity index (χ0n) is 12.5. The SMILES string of the molecule is O=C(Nc1nc(C(F)(F)F)cs1)c1ccccc1-c1ccc(F)cc1. The van der Waals surface area contributed by atoms with Crippen LogP contribution in [0.4, 0.5) is 22.7 Å². The van der Waals surface area contributed by atoms with Gasteiger partial charge in [-0.3, -0.25) is 10.1 Å². The Morgan fingerprint density at radius 1 is 1.04 bits per heavy atom. The molecule has 0 aliphatic rings. The highest BCUT2D eigenvalue weighted by Crippen LogP contribution is 2.32. The third kappa shape index (κ3) is 3.85. The van der Waals surface area contributed by atoms with Crippen molar-refractivity contribution in [2.24, 2.45) is 0 Å². The Bertz CT molecular complexity index is 904. The van der Waals surface area contributed by atoms with Crippen LogP contribution in [0.5, 0.6) is 0 Å². The normalized spacial score (nSPS) is 11.4. The van der Waals surface area contributed by atoms with Gasteiger partial charge in [0.25, 0.3) is 5.91 Å². The Balaban J connectivity index is 1.88. The number of benzene rings is 2. The maximum atomic E-state index is 13.1. The minimum absolute atomic E-state index is 0.147. The van der Waals surface area contributed by atoms with Gasteiger partial charge < -0.3 is 0 Å². The van der Waals surface area contributed by atoms with Gasteiger partial charge in [0.05, 0.1) is 0 Å². The first kappa shape index (κ1) is 17.1. The molecule has 1 N–H and O–H groups in total. The molecule has 0 atom stereocenters. The Morgan fingerprint density at radius 2 is 1.72 bits per heavy atom. The van der Waals surface area contributed by atoms with Gasteiger partial charge in [-0.15, -0.1) is 11.3 Å². The van der Waals surface area contributed by atoms with Crippen LogP contribution in [-0.4, -0.2) is 10.9 Å². The number of aromatic nitrogens is 1. The van der Waals surface area contributed by atoms with E-state index in [2.05, 4.69) is 10.3 Å². The third-order valence-electron chi connectivity index (χ3n) is 3.34. The van der Waals surface area contributed by atoms with E-state index in [1.807, 2.05) is 0 Å². The number of carbonyl (C=O) groups is 1. The number of anilines is 1. The summed E-state index contributed by atoms with van der Waals surface area (Å²) in [6, 6.07) is 12.1. The number of hydrogen-bond acceptors (Lipinski definition) is 3. The number of amides is 1. The minimum atomic E-state index is -4.56. The molecule has 8 heteroatoms. The lowest BCUT2D eigenvalue weighted by Gasteiger charge is -2.09. The van der Waals surface area contributed by atoms with Crippen LogP contribution in [0.25, 0.3) is 11.1 Å². The maximum Gasteiger partial charge on any atom is 0.434 e. The third-order valence-corrected chi connectivity index (χ3v) is 4.10. The number of carbonyl (C=O) groups excluding carboxylic acids is 1. The molecule has 1 amide bonds. The molecule has 3 rings (SSSR count). The van der Waals surface area contributed by atoms with E-state index in [0.29, 0.717) is 22.5 Å². The molecule has 0 radical (unpaired) electrons. The number of alkyl halides is 3. The number of halogens is 4. The van der Waals surface area contributed by atoms with E-state index in [0.717, 1.165) is 5.38 Å². The largest absolute Gasteiger partial charge is 0.434 e. The molecule has 0 fully saturated rings. The van der Waals surface area contributed by atoms with Crippen molar-refractivity contribution in [1.82, 2.24) is 4.98 Å². The molecule has 0 aliphatic carbocycles. The number of rotatable bonds is 3. The van der Waals surface area contributed by atoms with Gasteiger partial charge in [-0.25, -0.2) is 9.37 Å². The number of nitrogens with zero attached hydrogens (tertiary/aromatic N) is 1. The van der Waals surface area contributed by atoms with Gasteiger partial charge in [-0.2, -0.15) is 13.2 Å². The van der Waals surface area contributed by atoms with Gasteiger partial charge in [0, 0.05) is 10.9 Å². The van der Waals surface area contributed by atoms with Gasteiger partial charge in [0.15, 0.2) is 10.8 Å². The van der Waals surface area contributed by atoms with E-state index in [1.165, 1.54) is 30.3 Å². The summed E-state index contributed by atoms with van der Waals surface area (Å²) in [6.07, 6.45) is -4.56. The predicted octanol–water partition coefficient (Wildman–Crippen LogP) is 5.22. The van der Waals surface area contributed by atoms with Crippen LogP contribution < -0.4 is 5.32 Å². The molecule has 1 heterocycles. The van der Waals surface area contributed by atoms with Gasteiger partial charge >= 0.3 is 6.18 Å². The summed E-state index contributed by atoms with van der Waals surface area (Å²) in [7, 11) is 0. The van der Waals surface area contributed by atoms with Crippen molar-refractivity contribution in [3.05, 3.63) is 71.0 Å². The Kier molecular flexibility index (Phi) is 4.54. The first-order valence-electron chi connectivity index (χ1n) is 7.03. The lowest BCUT2D eigenvalue weighted by molar-refractivity contribution is -0.140. The van der Waals surface area contributed by atoms with Gasteiger partial charge in [0.1, 0.15) is 5.82 Å².